The van der Waals surface area contributed by atoms with Gasteiger partial charge >= 0.3 is 5.69 Å². The number of rotatable bonds is 4. The smallest absolute Gasteiger partial charge is 0.334 e. The third-order valence-corrected chi connectivity index (χ3v) is 4.91. The Bertz CT molecular complexity index is 726. The largest absolute Gasteiger partial charge is 0.367 e. The molecule has 124 valence electrons. The van der Waals surface area contributed by atoms with E-state index < -0.39 is 0 Å². The van der Waals surface area contributed by atoms with Crippen LogP contribution in [-0.2, 0) is 18.2 Å². The average molecular weight is 337 g/mol. The van der Waals surface area contributed by atoms with E-state index in [1.807, 2.05) is 24.1 Å². The molecule has 0 amide bonds. The van der Waals surface area contributed by atoms with Gasteiger partial charge in [-0.2, -0.15) is 5.10 Å². The number of nitro groups is 1. The van der Waals surface area contributed by atoms with Crippen LogP contribution >= 0.6 is 11.3 Å². The van der Waals surface area contributed by atoms with Crippen LogP contribution in [0.1, 0.15) is 29.4 Å². The van der Waals surface area contributed by atoms with Gasteiger partial charge in [-0.15, -0.1) is 11.3 Å². The molecule has 9 heteroatoms. The van der Waals surface area contributed by atoms with Crippen molar-refractivity contribution in [2.45, 2.75) is 26.4 Å². The number of anilines is 1. The van der Waals surface area contributed by atoms with Crippen molar-refractivity contribution >= 4 is 22.8 Å². The summed E-state index contributed by atoms with van der Waals surface area (Å²) in [4.78, 5) is 17.6. The lowest BCUT2D eigenvalue weighted by atomic mass is 10.2. The number of nitrogens with zero attached hydrogens (tertiary/aromatic N) is 5. The minimum absolute atomic E-state index is 0.103. The third-order valence-electron chi connectivity index (χ3n) is 3.86. The van der Waals surface area contributed by atoms with Crippen LogP contribution in [0.15, 0.2) is 5.38 Å². The van der Waals surface area contributed by atoms with Crippen molar-refractivity contribution in [3.05, 3.63) is 31.9 Å². The Labute approximate surface area is 137 Å². The summed E-state index contributed by atoms with van der Waals surface area (Å²) in [6.07, 6.45) is 0.367. The van der Waals surface area contributed by atoms with Gasteiger partial charge < -0.3 is 9.64 Å². The van der Waals surface area contributed by atoms with Crippen LogP contribution in [0.5, 0.6) is 0 Å². The molecule has 23 heavy (non-hydrogen) atoms. The molecule has 1 unspecified atom stereocenters. The van der Waals surface area contributed by atoms with Gasteiger partial charge in [0.05, 0.1) is 18.1 Å². The molecule has 1 atom stereocenters. The van der Waals surface area contributed by atoms with Crippen molar-refractivity contribution in [3.63, 3.8) is 0 Å². The number of thiazole rings is 1. The SMILES string of the molecule is CCc1nn(C)c(N2CCOC(c3nc(C)cs3)C2)c1[N+](=O)[O-]. The van der Waals surface area contributed by atoms with Gasteiger partial charge in [0.2, 0.25) is 5.82 Å². The molecule has 8 nitrogen and oxygen atoms in total. The fourth-order valence-corrected chi connectivity index (χ4v) is 3.68. The summed E-state index contributed by atoms with van der Waals surface area (Å²) in [5.41, 5.74) is 1.58. The summed E-state index contributed by atoms with van der Waals surface area (Å²) in [6.45, 7) is 5.47. The predicted molar refractivity (Wildman–Crippen MR) is 87.0 cm³/mol. The summed E-state index contributed by atoms with van der Waals surface area (Å²) >= 11 is 1.56. The number of hydrogen-bond donors (Lipinski definition) is 0. The Kier molecular flexibility index (Phi) is 4.31. The molecule has 1 aliphatic rings. The van der Waals surface area contributed by atoms with E-state index in [1.165, 1.54) is 0 Å². The van der Waals surface area contributed by atoms with E-state index in [2.05, 4.69) is 10.1 Å². The van der Waals surface area contributed by atoms with Gasteiger partial charge in [-0.1, -0.05) is 6.92 Å². The first-order valence-electron chi connectivity index (χ1n) is 7.50. The van der Waals surface area contributed by atoms with Crippen LogP contribution in [0, 0.1) is 17.0 Å². The molecule has 2 aromatic heterocycles. The van der Waals surface area contributed by atoms with E-state index in [0.29, 0.717) is 37.6 Å². The molecule has 2 aromatic rings. The molecule has 0 spiro atoms. The summed E-state index contributed by atoms with van der Waals surface area (Å²) in [5.74, 6) is 0.549. The second kappa shape index (κ2) is 6.25. The van der Waals surface area contributed by atoms with E-state index in [9.17, 15) is 10.1 Å². The molecule has 0 saturated carbocycles. The monoisotopic (exact) mass is 337 g/mol. The summed E-state index contributed by atoms with van der Waals surface area (Å²) in [5, 5.41) is 18.7. The van der Waals surface area contributed by atoms with E-state index in [0.717, 1.165) is 10.7 Å². The van der Waals surface area contributed by atoms with Gasteiger partial charge in [-0.25, -0.2) is 9.67 Å². The highest BCUT2D eigenvalue weighted by Gasteiger charge is 2.33. The van der Waals surface area contributed by atoms with Crippen LogP contribution in [0.3, 0.4) is 0 Å². The molecule has 1 fully saturated rings. The molecule has 0 radical (unpaired) electrons. The lowest BCUT2D eigenvalue weighted by Gasteiger charge is -2.32. The maximum atomic E-state index is 11.5. The first-order valence-corrected chi connectivity index (χ1v) is 8.38. The number of morpholine rings is 1. The van der Waals surface area contributed by atoms with Gasteiger partial charge in [0.25, 0.3) is 0 Å². The van der Waals surface area contributed by atoms with Crippen molar-refractivity contribution in [1.82, 2.24) is 14.8 Å². The highest BCUT2D eigenvalue weighted by Crippen LogP contribution is 2.35. The zero-order valence-electron chi connectivity index (χ0n) is 13.4. The lowest BCUT2D eigenvalue weighted by Crippen LogP contribution is -2.39. The van der Waals surface area contributed by atoms with Gasteiger partial charge in [0, 0.05) is 24.7 Å². The highest BCUT2D eigenvalue weighted by molar-refractivity contribution is 7.09. The Morgan fingerprint density at radius 1 is 1.57 bits per heavy atom. The molecule has 1 saturated heterocycles. The van der Waals surface area contributed by atoms with Crippen LogP contribution in [0.4, 0.5) is 11.5 Å². The second-order valence-corrected chi connectivity index (χ2v) is 6.38. The minimum atomic E-state index is -0.334. The molecule has 0 aliphatic carbocycles. The molecule has 0 bridgehead atoms. The molecule has 3 heterocycles. The number of hydrogen-bond acceptors (Lipinski definition) is 7. The van der Waals surface area contributed by atoms with Crippen LogP contribution < -0.4 is 4.90 Å². The zero-order valence-corrected chi connectivity index (χ0v) is 14.2. The van der Waals surface area contributed by atoms with Crippen LogP contribution in [0.25, 0.3) is 0 Å². The van der Waals surface area contributed by atoms with E-state index in [-0.39, 0.29) is 16.7 Å². The Hall–Kier alpha value is -2.00. The fraction of sp³-hybridized carbons (Fsp3) is 0.571. The Balaban J connectivity index is 1.92. The molecular formula is C14H19N5O3S. The van der Waals surface area contributed by atoms with E-state index in [4.69, 9.17) is 4.74 Å². The summed E-state index contributed by atoms with van der Waals surface area (Å²) in [6, 6.07) is 0. The molecular weight excluding hydrogens is 318 g/mol. The van der Waals surface area contributed by atoms with E-state index >= 15 is 0 Å². The van der Waals surface area contributed by atoms with Gasteiger partial charge in [-0.05, 0) is 13.3 Å². The molecule has 0 aromatic carbocycles. The highest BCUT2D eigenvalue weighted by atomic mass is 32.1. The minimum Gasteiger partial charge on any atom is -0.367 e. The van der Waals surface area contributed by atoms with E-state index in [1.54, 1.807) is 23.1 Å². The third kappa shape index (κ3) is 2.93. The van der Waals surface area contributed by atoms with Gasteiger partial charge in [0.15, 0.2) is 0 Å². The maximum Gasteiger partial charge on any atom is 0.334 e. The lowest BCUT2D eigenvalue weighted by molar-refractivity contribution is -0.384. The average Bonchev–Trinajstić information content (AvgIpc) is 3.10. The standard InChI is InChI=1S/C14H19N5O3S/c1-4-10-12(19(20)21)14(17(3)16-10)18-5-6-22-11(7-18)13-15-9(2)8-23-13/h8,11H,4-7H2,1-3H3. The summed E-state index contributed by atoms with van der Waals surface area (Å²) in [7, 11) is 1.75. The van der Waals surface area contributed by atoms with Crippen molar-refractivity contribution in [2.24, 2.45) is 7.05 Å². The predicted octanol–water partition coefficient (Wildman–Crippen LogP) is 2.23. The maximum absolute atomic E-state index is 11.5. The Morgan fingerprint density at radius 2 is 2.35 bits per heavy atom. The number of aryl methyl sites for hydroxylation is 3. The van der Waals surface area contributed by atoms with Gasteiger partial charge in [-0.3, -0.25) is 10.1 Å². The second-order valence-electron chi connectivity index (χ2n) is 5.49. The zero-order chi connectivity index (χ0) is 16.6. The topological polar surface area (TPSA) is 86.3 Å². The van der Waals surface area contributed by atoms with Crippen LogP contribution in [-0.4, -0.2) is 39.4 Å². The van der Waals surface area contributed by atoms with Crippen molar-refractivity contribution in [2.75, 3.05) is 24.6 Å². The Morgan fingerprint density at radius 3 is 2.96 bits per heavy atom. The molecule has 1 aliphatic heterocycles. The molecule has 0 N–H and O–H groups in total. The van der Waals surface area contributed by atoms with Crippen molar-refractivity contribution in [3.8, 4) is 0 Å². The van der Waals surface area contributed by atoms with Crippen molar-refractivity contribution in [1.29, 1.82) is 0 Å². The van der Waals surface area contributed by atoms with Crippen LogP contribution in [0.2, 0.25) is 0 Å². The molecule has 3 rings (SSSR count). The first kappa shape index (κ1) is 15.9. The van der Waals surface area contributed by atoms with Crippen molar-refractivity contribution < 1.29 is 9.66 Å². The quantitative estimate of drug-likeness (QED) is 0.628. The number of ether oxygens (including phenoxy) is 1. The fourth-order valence-electron chi connectivity index (χ4n) is 2.85. The van der Waals surface area contributed by atoms with Gasteiger partial charge in [0.1, 0.15) is 16.8 Å². The summed E-state index contributed by atoms with van der Waals surface area (Å²) < 4.78 is 7.41. The number of aromatic nitrogens is 3. The normalized spacial score (nSPS) is 18.4. The first-order chi connectivity index (χ1) is 11.0.